The van der Waals surface area contributed by atoms with Crippen molar-refractivity contribution in [3.63, 3.8) is 0 Å². The molecule has 1 aliphatic carbocycles. The van der Waals surface area contributed by atoms with Crippen LogP contribution >= 0.6 is 0 Å². The van der Waals surface area contributed by atoms with Crippen molar-refractivity contribution in [1.29, 1.82) is 0 Å². The first-order chi connectivity index (χ1) is 10.0. The number of aromatic nitrogens is 2. The van der Waals surface area contributed by atoms with Crippen molar-refractivity contribution in [2.45, 2.75) is 51.6 Å². The molecule has 0 saturated heterocycles. The van der Waals surface area contributed by atoms with Crippen molar-refractivity contribution >= 4 is 17.6 Å². The summed E-state index contributed by atoms with van der Waals surface area (Å²) in [5, 5.41) is 17.0. The minimum Gasteiger partial charge on any atom is -0.388 e. The van der Waals surface area contributed by atoms with Crippen LogP contribution in [0.3, 0.4) is 0 Å². The average molecular weight is 293 g/mol. The number of hydrogen-bond acceptors (Lipinski definition) is 6. The summed E-state index contributed by atoms with van der Waals surface area (Å²) in [5.74, 6) is 2.36. The van der Waals surface area contributed by atoms with E-state index in [2.05, 4.69) is 27.5 Å². The molecule has 2 rings (SSSR count). The molecule has 1 aromatic rings. The Hall–Kier alpha value is -1.56. The van der Waals surface area contributed by atoms with Crippen LogP contribution in [0.25, 0.3) is 0 Å². The highest BCUT2D eigenvalue weighted by atomic mass is 16.3. The number of nitrogens with zero attached hydrogens (tertiary/aromatic N) is 2. The Kier molecular flexibility index (Phi) is 5.22. The van der Waals surface area contributed by atoms with Crippen molar-refractivity contribution in [2.75, 3.05) is 29.5 Å². The zero-order chi connectivity index (χ0) is 15.3. The summed E-state index contributed by atoms with van der Waals surface area (Å²) in [6, 6.07) is 1.82. The summed E-state index contributed by atoms with van der Waals surface area (Å²) in [7, 11) is 0. The van der Waals surface area contributed by atoms with Gasteiger partial charge in [-0.1, -0.05) is 13.3 Å². The summed E-state index contributed by atoms with van der Waals surface area (Å²) in [6.07, 6.45) is 5.10. The molecule has 1 fully saturated rings. The molecule has 0 spiro atoms. The van der Waals surface area contributed by atoms with Crippen molar-refractivity contribution in [2.24, 2.45) is 5.92 Å². The molecule has 6 heteroatoms. The van der Waals surface area contributed by atoms with E-state index in [1.807, 2.05) is 13.0 Å². The molecule has 5 N–H and O–H groups in total. The maximum Gasteiger partial charge on any atom is 0.223 e. The third-order valence-electron chi connectivity index (χ3n) is 4.31. The molecule has 0 amide bonds. The van der Waals surface area contributed by atoms with E-state index in [1.165, 1.54) is 6.42 Å². The molecular formula is C15H27N5O. The fraction of sp³-hybridized carbons (Fsp3) is 0.733. The number of nitrogen functional groups attached to an aromatic ring is 1. The van der Waals surface area contributed by atoms with Crippen molar-refractivity contribution in [3.05, 3.63) is 6.07 Å². The number of hydrogen-bond donors (Lipinski definition) is 4. The lowest BCUT2D eigenvalue weighted by atomic mass is 9.78. The third kappa shape index (κ3) is 4.46. The lowest BCUT2D eigenvalue weighted by Crippen LogP contribution is -2.40. The quantitative estimate of drug-likeness (QED) is 0.642. The molecule has 21 heavy (non-hydrogen) atoms. The maximum absolute atomic E-state index is 10.6. The molecule has 0 radical (unpaired) electrons. The van der Waals surface area contributed by atoms with Crippen LogP contribution in [0.4, 0.5) is 17.6 Å². The second-order valence-electron chi connectivity index (χ2n) is 5.96. The van der Waals surface area contributed by atoms with Gasteiger partial charge in [0.1, 0.15) is 11.6 Å². The highest BCUT2D eigenvalue weighted by Crippen LogP contribution is 2.33. The number of rotatable bonds is 6. The SMILES string of the molecule is CCNc1cc(NCC2(O)CCC(CC)CC2)nc(N)n1. The number of nitrogens with one attached hydrogen (secondary N) is 2. The summed E-state index contributed by atoms with van der Waals surface area (Å²) in [4.78, 5) is 8.28. The number of nitrogens with two attached hydrogens (primary N) is 1. The summed E-state index contributed by atoms with van der Waals surface area (Å²) >= 11 is 0. The van der Waals surface area contributed by atoms with Crippen LogP contribution < -0.4 is 16.4 Å². The van der Waals surface area contributed by atoms with Crippen LogP contribution in [-0.2, 0) is 0 Å². The topological polar surface area (TPSA) is 96.1 Å². The number of aliphatic hydroxyl groups is 1. The van der Waals surface area contributed by atoms with Gasteiger partial charge < -0.3 is 21.5 Å². The Balaban J connectivity index is 1.93. The summed E-state index contributed by atoms with van der Waals surface area (Å²) in [5.41, 5.74) is 5.07. The molecule has 0 bridgehead atoms. The fourth-order valence-corrected chi connectivity index (χ4v) is 2.88. The van der Waals surface area contributed by atoms with E-state index in [1.54, 1.807) is 0 Å². The van der Waals surface area contributed by atoms with Gasteiger partial charge in [0.05, 0.1) is 5.60 Å². The van der Waals surface area contributed by atoms with Gasteiger partial charge in [-0.3, -0.25) is 0 Å². The van der Waals surface area contributed by atoms with E-state index in [0.717, 1.165) is 38.1 Å². The van der Waals surface area contributed by atoms with Gasteiger partial charge in [0.2, 0.25) is 5.95 Å². The summed E-state index contributed by atoms with van der Waals surface area (Å²) < 4.78 is 0. The minimum atomic E-state index is -0.635. The van der Waals surface area contributed by atoms with E-state index in [4.69, 9.17) is 5.73 Å². The van der Waals surface area contributed by atoms with E-state index in [-0.39, 0.29) is 5.95 Å². The molecule has 1 aliphatic rings. The largest absolute Gasteiger partial charge is 0.388 e. The Morgan fingerprint density at radius 1 is 1.24 bits per heavy atom. The van der Waals surface area contributed by atoms with Crippen LogP contribution in [-0.4, -0.2) is 33.8 Å². The van der Waals surface area contributed by atoms with E-state index >= 15 is 0 Å². The van der Waals surface area contributed by atoms with Crippen molar-refractivity contribution < 1.29 is 5.11 Å². The van der Waals surface area contributed by atoms with Gasteiger partial charge in [0, 0.05) is 19.2 Å². The molecule has 1 heterocycles. The van der Waals surface area contributed by atoms with Crippen LogP contribution in [0.5, 0.6) is 0 Å². The standard InChI is InChI=1S/C15H27N5O/c1-3-11-5-7-15(21,8-6-11)10-18-13-9-12(17-4-2)19-14(16)20-13/h9,11,21H,3-8,10H2,1-2H3,(H4,16,17,18,19,20). The van der Waals surface area contributed by atoms with Gasteiger partial charge >= 0.3 is 0 Å². The monoisotopic (exact) mass is 293 g/mol. The molecule has 0 aliphatic heterocycles. The predicted octanol–water partition coefficient (Wildman–Crippen LogP) is 2.23. The minimum absolute atomic E-state index is 0.234. The second-order valence-corrected chi connectivity index (χ2v) is 5.96. The first-order valence-corrected chi connectivity index (χ1v) is 7.89. The van der Waals surface area contributed by atoms with Gasteiger partial charge in [0.25, 0.3) is 0 Å². The Labute approximate surface area is 126 Å². The van der Waals surface area contributed by atoms with E-state index in [9.17, 15) is 5.11 Å². The van der Waals surface area contributed by atoms with E-state index in [0.29, 0.717) is 18.2 Å². The zero-order valence-corrected chi connectivity index (χ0v) is 13.0. The average Bonchev–Trinajstić information content (AvgIpc) is 2.46. The van der Waals surface area contributed by atoms with Gasteiger partial charge in [-0.25, -0.2) is 0 Å². The van der Waals surface area contributed by atoms with Gasteiger partial charge in [0.15, 0.2) is 0 Å². The van der Waals surface area contributed by atoms with Gasteiger partial charge in [-0.15, -0.1) is 0 Å². The molecule has 0 atom stereocenters. The normalized spacial score (nSPS) is 25.6. The van der Waals surface area contributed by atoms with E-state index < -0.39 is 5.60 Å². The molecule has 1 saturated carbocycles. The third-order valence-corrected chi connectivity index (χ3v) is 4.31. The zero-order valence-electron chi connectivity index (χ0n) is 13.0. The predicted molar refractivity (Wildman–Crippen MR) is 86.3 cm³/mol. The second kappa shape index (κ2) is 6.93. The van der Waals surface area contributed by atoms with Crippen molar-refractivity contribution in [1.82, 2.24) is 9.97 Å². The lowest BCUT2D eigenvalue weighted by molar-refractivity contribution is 0.00223. The van der Waals surface area contributed by atoms with Crippen LogP contribution in [0.15, 0.2) is 6.07 Å². The molecule has 0 unspecified atom stereocenters. The van der Waals surface area contributed by atoms with Crippen LogP contribution in [0, 0.1) is 5.92 Å². The molecule has 0 aromatic carbocycles. The highest BCUT2D eigenvalue weighted by molar-refractivity contribution is 5.51. The molecular weight excluding hydrogens is 266 g/mol. The first-order valence-electron chi connectivity index (χ1n) is 7.89. The Morgan fingerprint density at radius 2 is 1.86 bits per heavy atom. The highest BCUT2D eigenvalue weighted by Gasteiger charge is 2.32. The molecule has 6 nitrogen and oxygen atoms in total. The van der Waals surface area contributed by atoms with Crippen LogP contribution in [0.2, 0.25) is 0 Å². The summed E-state index contributed by atoms with van der Waals surface area (Å²) in [6.45, 7) is 5.50. The van der Waals surface area contributed by atoms with Crippen LogP contribution in [0.1, 0.15) is 46.0 Å². The number of anilines is 3. The first kappa shape index (κ1) is 15.8. The van der Waals surface area contributed by atoms with Gasteiger partial charge in [-0.05, 0) is 38.5 Å². The molecule has 1 aromatic heterocycles. The lowest BCUT2D eigenvalue weighted by Gasteiger charge is -2.36. The molecule has 118 valence electrons. The fourth-order valence-electron chi connectivity index (χ4n) is 2.88. The van der Waals surface area contributed by atoms with Gasteiger partial charge in [-0.2, -0.15) is 9.97 Å². The Bertz CT molecular complexity index is 457. The van der Waals surface area contributed by atoms with Crippen molar-refractivity contribution in [3.8, 4) is 0 Å². The Morgan fingerprint density at radius 3 is 2.43 bits per heavy atom. The smallest absolute Gasteiger partial charge is 0.223 e. The maximum atomic E-state index is 10.6.